The van der Waals surface area contributed by atoms with E-state index in [2.05, 4.69) is 15.9 Å². The number of thioether (sulfide) groups is 1. The minimum absolute atomic E-state index is 0.0352. The van der Waals surface area contributed by atoms with Gasteiger partial charge in [-0.15, -0.1) is 0 Å². The second kappa shape index (κ2) is 5.90. The molecule has 2 rings (SSSR count). The molecule has 18 heavy (non-hydrogen) atoms. The maximum absolute atomic E-state index is 14.0. The molecule has 0 N–H and O–H groups in total. The highest BCUT2D eigenvalue weighted by Crippen LogP contribution is 2.29. The number of ketones is 1. The molecule has 1 heterocycles. The number of carbonyl (C=O) groups is 1. The average molecular weight is 353 g/mol. The van der Waals surface area contributed by atoms with Crippen LogP contribution in [0.25, 0.3) is 0 Å². The number of Topliss-reactive ketones (excluding diaryl/α,β-unsaturated/α-hetero) is 1. The van der Waals surface area contributed by atoms with Crippen LogP contribution in [0.1, 0.15) is 10.4 Å². The number of hydrogen-bond donors (Lipinski definition) is 0. The Morgan fingerprint density at radius 3 is 3.00 bits per heavy atom. The highest BCUT2D eigenvalue weighted by molar-refractivity contribution is 9.10. The molecule has 1 atom stereocenters. The summed E-state index contributed by atoms with van der Waals surface area (Å²) in [5.74, 6) is 0.864. The van der Waals surface area contributed by atoms with Gasteiger partial charge in [0, 0.05) is 22.5 Å². The molecule has 0 aliphatic carbocycles. The first-order valence-electron chi connectivity index (χ1n) is 5.48. The van der Waals surface area contributed by atoms with Crippen molar-refractivity contribution in [2.45, 2.75) is 6.04 Å². The molecule has 1 saturated heterocycles. The summed E-state index contributed by atoms with van der Waals surface area (Å²) < 4.78 is 14.4. The zero-order valence-corrected chi connectivity index (χ0v) is 12.9. The summed E-state index contributed by atoms with van der Waals surface area (Å²) >= 11 is 10.7. The summed E-state index contributed by atoms with van der Waals surface area (Å²) in [6.45, 7) is 0.840. The van der Waals surface area contributed by atoms with E-state index in [1.807, 2.05) is 11.9 Å². The van der Waals surface area contributed by atoms with Crippen molar-refractivity contribution in [1.29, 1.82) is 0 Å². The van der Waals surface area contributed by atoms with Gasteiger partial charge in [-0.2, -0.15) is 11.8 Å². The topological polar surface area (TPSA) is 20.3 Å². The molecule has 6 heteroatoms. The molecule has 0 amide bonds. The maximum Gasteiger partial charge on any atom is 0.183 e. The highest BCUT2D eigenvalue weighted by atomic mass is 79.9. The number of carbonyl (C=O) groups excluding carboxylic acids is 1. The van der Waals surface area contributed by atoms with E-state index in [-0.39, 0.29) is 22.4 Å². The van der Waals surface area contributed by atoms with Crippen LogP contribution in [0.15, 0.2) is 16.6 Å². The smallest absolute Gasteiger partial charge is 0.183 e. The van der Waals surface area contributed by atoms with Gasteiger partial charge in [-0.3, -0.25) is 9.69 Å². The van der Waals surface area contributed by atoms with Crippen molar-refractivity contribution < 1.29 is 9.18 Å². The number of hydrogen-bond acceptors (Lipinski definition) is 3. The minimum atomic E-state index is -0.639. The van der Waals surface area contributed by atoms with Crippen molar-refractivity contribution in [3.8, 4) is 0 Å². The summed E-state index contributed by atoms with van der Waals surface area (Å²) in [6.07, 6.45) is 0. The molecule has 1 aromatic carbocycles. The molecule has 1 aliphatic rings. The Morgan fingerprint density at radius 1 is 1.61 bits per heavy atom. The lowest BCUT2D eigenvalue weighted by Crippen LogP contribution is -2.45. The van der Waals surface area contributed by atoms with Gasteiger partial charge in [-0.1, -0.05) is 11.6 Å². The normalized spacial score (nSPS) is 21.0. The van der Waals surface area contributed by atoms with E-state index in [9.17, 15) is 9.18 Å². The molecule has 0 bridgehead atoms. The van der Waals surface area contributed by atoms with E-state index < -0.39 is 5.82 Å². The standard InChI is InChI=1S/C12H12BrClFNOS/c1-16-4-5-18-6-9(16)12(17)7-2-3-8(13)10(14)11(7)15/h2-3,9H,4-6H2,1H3. The number of nitrogens with zero attached hydrogens (tertiary/aromatic N) is 1. The van der Waals surface area contributed by atoms with Crippen molar-refractivity contribution in [3.63, 3.8) is 0 Å². The molecule has 0 radical (unpaired) electrons. The van der Waals surface area contributed by atoms with Gasteiger partial charge in [0.25, 0.3) is 0 Å². The van der Waals surface area contributed by atoms with Crippen LogP contribution >= 0.6 is 39.3 Å². The van der Waals surface area contributed by atoms with Crippen LogP contribution in [0.3, 0.4) is 0 Å². The Morgan fingerprint density at radius 2 is 2.33 bits per heavy atom. The largest absolute Gasteiger partial charge is 0.295 e. The van der Waals surface area contributed by atoms with Gasteiger partial charge in [0.2, 0.25) is 0 Å². The van der Waals surface area contributed by atoms with E-state index in [4.69, 9.17) is 11.6 Å². The van der Waals surface area contributed by atoms with Crippen molar-refractivity contribution >= 4 is 45.1 Å². The van der Waals surface area contributed by atoms with Gasteiger partial charge in [0.1, 0.15) is 0 Å². The molecule has 2 nitrogen and oxygen atoms in total. The fourth-order valence-electron chi connectivity index (χ4n) is 1.86. The molecule has 0 aromatic heterocycles. The van der Waals surface area contributed by atoms with E-state index in [0.717, 1.165) is 12.3 Å². The predicted octanol–water partition coefficient (Wildman–Crippen LogP) is 3.47. The predicted molar refractivity (Wildman–Crippen MR) is 77.2 cm³/mol. The van der Waals surface area contributed by atoms with E-state index in [0.29, 0.717) is 10.2 Å². The Kier molecular flexibility index (Phi) is 4.69. The monoisotopic (exact) mass is 351 g/mol. The minimum Gasteiger partial charge on any atom is -0.295 e. The van der Waals surface area contributed by atoms with Crippen molar-refractivity contribution in [2.75, 3.05) is 25.1 Å². The van der Waals surface area contributed by atoms with E-state index in [1.54, 1.807) is 17.8 Å². The fourth-order valence-corrected chi connectivity index (χ4v) is 3.54. The van der Waals surface area contributed by atoms with Crippen LogP contribution in [0.4, 0.5) is 4.39 Å². The van der Waals surface area contributed by atoms with E-state index in [1.165, 1.54) is 6.07 Å². The van der Waals surface area contributed by atoms with Crippen molar-refractivity contribution in [3.05, 3.63) is 33.0 Å². The summed E-state index contributed by atoms with van der Waals surface area (Å²) in [7, 11) is 1.89. The molecular weight excluding hydrogens is 341 g/mol. The molecule has 0 saturated carbocycles. The fraction of sp³-hybridized carbons (Fsp3) is 0.417. The van der Waals surface area contributed by atoms with Gasteiger partial charge < -0.3 is 0 Å². The lowest BCUT2D eigenvalue weighted by molar-refractivity contribution is 0.0870. The Bertz CT molecular complexity index is 485. The lowest BCUT2D eigenvalue weighted by Gasteiger charge is -2.31. The average Bonchev–Trinajstić information content (AvgIpc) is 2.36. The first-order valence-corrected chi connectivity index (χ1v) is 7.80. The van der Waals surface area contributed by atoms with Crippen molar-refractivity contribution in [2.24, 2.45) is 0 Å². The molecule has 1 aromatic rings. The number of rotatable bonds is 2. The highest BCUT2D eigenvalue weighted by Gasteiger charge is 2.29. The summed E-state index contributed by atoms with van der Waals surface area (Å²) in [5, 5.41) is -0.0352. The maximum atomic E-state index is 14.0. The SMILES string of the molecule is CN1CCSCC1C(=O)c1ccc(Br)c(Cl)c1F. The molecule has 1 unspecified atom stereocenters. The summed E-state index contributed by atoms with van der Waals surface area (Å²) in [6, 6.07) is 2.82. The molecular formula is C12H12BrClFNOS. The molecule has 1 fully saturated rings. The van der Waals surface area contributed by atoms with Crippen LogP contribution in [0.5, 0.6) is 0 Å². The second-order valence-electron chi connectivity index (χ2n) is 4.16. The van der Waals surface area contributed by atoms with Crippen LogP contribution in [-0.4, -0.2) is 41.8 Å². The quantitative estimate of drug-likeness (QED) is 0.600. The van der Waals surface area contributed by atoms with E-state index >= 15 is 0 Å². The third-order valence-electron chi connectivity index (χ3n) is 3.00. The van der Waals surface area contributed by atoms with Crippen LogP contribution in [0, 0.1) is 5.82 Å². The Balaban J connectivity index is 2.31. The number of likely N-dealkylation sites (N-methyl/N-ethyl adjacent to an activating group) is 1. The van der Waals surface area contributed by atoms with Gasteiger partial charge in [0.05, 0.1) is 16.6 Å². The van der Waals surface area contributed by atoms with Gasteiger partial charge in [-0.05, 0) is 35.1 Å². The zero-order valence-electron chi connectivity index (χ0n) is 9.75. The third kappa shape index (κ3) is 2.74. The first-order chi connectivity index (χ1) is 8.52. The third-order valence-corrected chi connectivity index (χ3v) is 5.28. The van der Waals surface area contributed by atoms with Crippen LogP contribution in [0.2, 0.25) is 5.02 Å². The second-order valence-corrected chi connectivity index (χ2v) is 6.54. The first kappa shape index (κ1) is 14.3. The summed E-state index contributed by atoms with van der Waals surface area (Å²) in [5.41, 5.74) is 0.0718. The molecule has 1 aliphatic heterocycles. The lowest BCUT2D eigenvalue weighted by atomic mass is 10.0. The van der Waals surface area contributed by atoms with Crippen LogP contribution in [-0.2, 0) is 0 Å². The Labute approximate surface area is 123 Å². The number of benzene rings is 1. The van der Waals surface area contributed by atoms with Gasteiger partial charge in [-0.25, -0.2) is 4.39 Å². The number of halogens is 3. The summed E-state index contributed by atoms with van der Waals surface area (Å²) in [4.78, 5) is 14.3. The zero-order chi connectivity index (χ0) is 13.3. The van der Waals surface area contributed by atoms with Gasteiger partial charge >= 0.3 is 0 Å². The molecule has 0 spiro atoms. The van der Waals surface area contributed by atoms with Gasteiger partial charge in [0.15, 0.2) is 11.6 Å². The molecule has 98 valence electrons. The Hall–Kier alpha value is -0.100. The van der Waals surface area contributed by atoms with Crippen molar-refractivity contribution in [1.82, 2.24) is 4.90 Å². The van der Waals surface area contributed by atoms with Crippen LogP contribution < -0.4 is 0 Å².